The fraction of sp³-hybridized carbons (Fsp3) is 0.435. The highest BCUT2D eigenvalue weighted by Crippen LogP contribution is 2.43. The summed E-state index contributed by atoms with van der Waals surface area (Å²) in [5, 5.41) is 0. The molecule has 11 nitrogen and oxygen atoms in total. The molecule has 0 spiro atoms. The molecule has 4 atom stereocenters. The van der Waals surface area contributed by atoms with Crippen LogP contribution in [0.4, 0.5) is 5.95 Å². The molecule has 0 amide bonds. The van der Waals surface area contributed by atoms with Crippen LogP contribution in [0.2, 0.25) is 0 Å². The van der Waals surface area contributed by atoms with Crippen molar-refractivity contribution in [3.05, 3.63) is 52.6 Å². The Hall–Kier alpha value is -3.41. The van der Waals surface area contributed by atoms with Gasteiger partial charge >= 0.3 is 0 Å². The van der Waals surface area contributed by atoms with Crippen molar-refractivity contribution >= 4 is 29.7 Å². The summed E-state index contributed by atoms with van der Waals surface area (Å²) in [5.74, 6) is -0.645. The summed E-state index contributed by atoms with van der Waals surface area (Å²) in [6, 6.07) is 9.59. The van der Waals surface area contributed by atoms with E-state index in [1.807, 2.05) is 44.4 Å². The van der Waals surface area contributed by atoms with Gasteiger partial charge in [0.25, 0.3) is 5.56 Å². The van der Waals surface area contributed by atoms with Gasteiger partial charge in [0, 0.05) is 14.1 Å². The van der Waals surface area contributed by atoms with Crippen LogP contribution in [-0.2, 0) is 25.5 Å². The minimum atomic E-state index is -0.869. The molecular weight excluding hydrogens is 440 g/mol. The number of carbonyl (C=O) groups is 1. The predicted molar refractivity (Wildman–Crippen MR) is 123 cm³/mol. The molecule has 11 heteroatoms. The van der Waals surface area contributed by atoms with Crippen LogP contribution >= 0.6 is 0 Å². The van der Waals surface area contributed by atoms with Gasteiger partial charge in [-0.2, -0.15) is 4.98 Å². The first-order valence-electron chi connectivity index (χ1n) is 11.0. The maximum Gasteiger partial charge on any atom is 0.283 e. The van der Waals surface area contributed by atoms with E-state index < -0.39 is 30.3 Å². The van der Waals surface area contributed by atoms with Crippen LogP contribution in [0, 0.1) is 0 Å². The van der Waals surface area contributed by atoms with Gasteiger partial charge in [-0.3, -0.25) is 13.9 Å². The molecular formula is C23H26N6O5. The van der Waals surface area contributed by atoms with Gasteiger partial charge in [0.1, 0.15) is 18.3 Å². The van der Waals surface area contributed by atoms with E-state index >= 15 is 0 Å². The average Bonchev–Trinajstić information content (AvgIpc) is 3.45. The largest absolute Gasteiger partial charge is 0.369 e. The first kappa shape index (κ1) is 22.4. The number of aliphatic imine (C=N–C) groups is 1. The second kappa shape index (κ2) is 8.42. The monoisotopic (exact) mass is 466 g/mol. The Labute approximate surface area is 195 Å². The number of nitrogens with zero attached hydrogens (tertiary/aromatic N) is 6. The number of imidazole rings is 1. The van der Waals surface area contributed by atoms with E-state index in [4.69, 9.17) is 14.2 Å². The molecule has 3 aromatic rings. The first-order chi connectivity index (χ1) is 16.3. The smallest absolute Gasteiger partial charge is 0.283 e. The number of benzene rings is 1. The third-order valence-electron chi connectivity index (χ3n) is 5.72. The third-order valence-corrected chi connectivity index (χ3v) is 5.72. The van der Waals surface area contributed by atoms with Gasteiger partial charge in [-0.1, -0.05) is 30.3 Å². The van der Waals surface area contributed by atoms with Crippen molar-refractivity contribution in [3.63, 3.8) is 0 Å². The van der Waals surface area contributed by atoms with E-state index in [2.05, 4.69) is 15.0 Å². The Morgan fingerprint density at radius 3 is 2.62 bits per heavy atom. The molecule has 2 aliphatic rings. The van der Waals surface area contributed by atoms with E-state index in [1.54, 1.807) is 29.7 Å². The summed E-state index contributed by atoms with van der Waals surface area (Å²) < 4.78 is 21.0. The molecule has 2 saturated heterocycles. The SMILES string of the molecule is CN(C)/C=N/c1nc2c(ncn2C2OC(C=O)C3OC(C)(C)OC32)c(=O)n1Cc1ccccc1. The van der Waals surface area contributed by atoms with Gasteiger partial charge in [-0.25, -0.2) is 9.98 Å². The molecule has 1 aromatic carbocycles. The van der Waals surface area contributed by atoms with Gasteiger partial charge in [0.15, 0.2) is 29.5 Å². The maximum absolute atomic E-state index is 13.5. The van der Waals surface area contributed by atoms with E-state index in [-0.39, 0.29) is 17.0 Å². The Morgan fingerprint density at radius 2 is 1.91 bits per heavy atom. The van der Waals surface area contributed by atoms with Crippen LogP contribution in [0.1, 0.15) is 25.6 Å². The van der Waals surface area contributed by atoms with Crippen LogP contribution in [0.25, 0.3) is 11.2 Å². The number of fused-ring (bicyclic) bond motifs is 2. The van der Waals surface area contributed by atoms with Crippen molar-refractivity contribution in [1.82, 2.24) is 24.0 Å². The molecule has 178 valence electrons. The Kier molecular flexibility index (Phi) is 5.54. The number of aldehydes is 1. The number of hydrogen-bond acceptors (Lipinski definition) is 8. The summed E-state index contributed by atoms with van der Waals surface area (Å²) in [6.07, 6.45) is 1.08. The molecule has 2 aromatic heterocycles. The average molecular weight is 466 g/mol. The molecule has 0 N–H and O–H groups in total. The second-order valence-electron chi connectivity index (χ2n) is 9.01. The zero-order chi connectivity index (χ0) is 24.0. The fourth-order valence-corrected chi connectivity index (χ4v) is 4.29. The Balaban J connectivity index is 1.62. The predicted octanol–water partition coefficient (Wildman–Crippen LogP) is 1.48. The number of hydrogen-bond donors (Lipinski definition) is 0. The summed E-state index contributed by atoms with van der Waals surface area (Å²) in [5.41, 5.74) is 1.07. The minimum Gasteiger partial charge on any atom is -0.369 e. The van der Waals surface area contributed by atoms with Crippen molar-refractivity contribution in [2.24, 2.45) is 4.99 Å². The molecule has 0 saturated carbocycles. The second-order valence-corrected chi connectivity index (χ2v) is 9.01. The van der Waals surface area contributed by atoms with Crippen molar-refractivity contribution < 1.29 is 19.0 Å². The van der Waals surface area contributed by atoms with Crippen LogP contribution in [0.3, 0.4) is 0 Å². The van der Waals surface area contributed by atoms with E-state index in [0.29, 0.717) is 18.5 Å². The van der Waals surface area contributed by atoms with Crippen LogP contribution in [0.15, 0.2) is 46.4 Å². The lowest BCUT2D eigenvalue weighted by molar-refractivity contribution is -0.194. The number of rotatable bonds is 6. The van der Waals surface area contributed by atoms with Gasteiger partial charge in [0.2, 0.25) is 5.95 Å². The lowest BCUT2D eigenvalue weighted by atomic mass is 10.1. The topological polar surface area (TPSA) is 113 Å². The first-order valence-corrected chi connectivity index (χ1v) is 11.0. The van der Waals surface area contributed by atoms with Gasteiger partial charge < -0.3 is 23.9 Å². The fourth-order valence-electron chi connectivity index (χ4n) is 4.29. The standard InChI is InChI=1S/C23H26N6O5/c1-23(2)33-17-15(11-30)32-21(18(17)34-23)29-13-24-16-19(29)26-22(25-12-27(3)4)28(20(16)31)10-14-8-6-5-7-9-14/h5-9,11-13,15,17-18,21H,10H2,1-4H3/b25-12+. The van der Waals surface area contributed by atoms with Crippen LogP contribution in [0.5, 0.6) is 0 Å². The molecule has 2 fully saturated rings. The van der Waals surface area contributed by atoms with E-state index in [0.717, 1.165) is 5.56 Å². The molecule has 0 bridgehead atoms. The number of aromatic nitrogens is 4. The summed E-state index contributed by atoms with van der Waals surface area (Å²) >= 11 is 0. The molecule has 0 radical (unpaired) electrons. The Bertz CT molecular complexity index is 1300. The molecule has 5 rings (SSSR count). The van der Waals surface area contributed by atoms with Crippen LogP contribution in [-0.4, -0.2) is 74.8 Å². The zero-order valence-corrected chi connectivity index (χ0v) is 19.4. The lowest BCUT2D eigenvalue weighted by Gasteiger charge is -2.23. The molecule has 2 aliphatic heterocycles. The van der Waals surface area contributed by atoms with Gasteiger partial charge in [-0.05, 0) is 19.4 Å². The molecule has 34 heavy (non-hydrogen) atoms. The molecule has 4 unspecified atom stereocenters. The third kappa shape index (κ3) is 3.91. The van der Waals surface area contributed by atoms with Gasteiger partial charge in [-0.15, -0.1) is 0 Å². The minimum absolute atomic E-state index is 0.174. The number of ether oxygens (including phenoxy) is 3. The highest BCUT2D eigenvalue weighted by Gasteiger charge is 2.56. The maximum atomic E-state index is 13.5. The van der Waals surface area contributed by atoms with Crippen molar-refractivity contribution in [3.8, 4) is 0 Å². The van der Waals surface area contributed by atoms with E-state index in [1.165, 1.54) is 10.9 Å². The normalized spacial score (nSPS) is 25.8. The number of carbonyl (C=O) groups excluding carboxylic acids is 1. The van der Waals surface area contributed by atoms with Crippen LogP contribution < -0.4 is 5.56 Å². The molecule has 4 heterocycles. The van der Waals surface area contributed by atoms with E-state index in [9.17, 15) is 9.59 Å². The van der Waals surface area contributed by atoms with Crippen molar-refractivity contribution in [2.45, 2.75) is 50.7 Å². The van der Waals surface area contributed by atoms with Crippen molar-refractivity contribution in [2.75, 3.05) is 14.1 Å². The quantitative estimate of drug-likeness (QED) is 0.305. The highest BCUT2D eigenvalue weighted by molar-refractivity contribution is 5.72. The summed E-state index contributed by atoms with van der Waals surface area (Å²) in [7, 11) is 3.66. The summed E-state index contributed by atoms with van der Waals surface area (Å²) in [6.45, 7) is 3.86. The lowest BCUT2D eigenvalue weighted by Crippen LogP contribution is -2.30. The highest BCUT2D eigenvalue weighted by atomic mass is 16.8. The summed E-state index contributed by atoms with van der Waals surface area (Å²) in [4.78, 5) is 40.3. The van der Waals surface area contributed by atoms with Crippen molar-refractivity contribution in [1.29, 1.82) is 0 Å². The van der Waals surface area contributed by atoms with Gasteiger partial charge in [0.05, 0.1) is 19.2 Å². The Morgan fingerprint density at radius 1 is 1.18 bits per heavy atom. The molecule has 0 aliphatic carbocycles. The zero-order valence-electron chi connectivity index (χ0n) is 19.4.